The van der Waals surface area contributed by atoms with Gasteiger partial charge in [-0.25, -0.2) is 0 Å². The van der Waals surface area contributed by atoms with Crippen molar-refractivity contribution in [3.05, 3.63) is 9.66 Å². The van der Waals surface area contributed by atoms with Gasteiger partial charge in [0.25, 0.3) is 0 Å². The molecule has 0 radical (unpaired) electrons. The van der Waals surface area contributed by atoms with Gasteiger partial charge in [-0.1, -0.05) is 19.4 Å². The fourth-order valence-electron chi connectivity index (χ4n) is 0.408. The fraction of sp³-hybridized carbons (Fsp3) is 0.667. The summed E-state index contributed by atoms with van der Waals surface area (Å²) >= 11 is 1.68. The van der Waals surface area contributed by atoms with Gasteiger partial charge in [0.15, 0.2) is 0 Å². The molecule has 0 aromatic rings. The molecule has 0 heterocycles. The number of hydrogen-bond donors (Lipinski definition) is 3. The monoisotopic (exact) mass is 258 g/mol. The summed E-state index contributed by atoms with van der Waals surface area (Å²) in [6, 6.07) is 0. The summed E-state index contributed by atoms with van der Waals surface area (Å²) in [4.78, 5) is 0. The molecule has 0 rings (SSSR count). The number of rotatable bonds is 3. The van der Waals surface area contributed by atoms with Crippen LogP contribution in [0.2, 0.25) is 0 Å². The van der Waals surface area contributed by atoms with Gasteiger partial charge in [0.2, 0.25) is 0 Å². The highest BCUT2D eigenvalue weighted by molar-refractivity contribution is 14.1. The second-order valence-electron chi connectivity index (χ2n) is 1.98. The number of hydrogen-bond acceptors (Lipinski definition) is 3. The Morgan fingerprint density at radius 1 is 1.50 bits per heavy atom. The Labute approximate surface area is 73.5 Å². The molecule has 3 nitrogen and oxygen atoms in total. The standard InChI is InChI=1S/C6H11IO3/c1-2-3-4-5(7)6(8,9)10/h4,8-10H,2-3H2,1H3/b5-4-. The van der Waals surface area contributed by atoms with Gasteiger partial charge in [0.05, 0.1) is 3.58 Å². The van der Waals surface area contributed by atoms with Gasteiger partial charge in [0, 0.05) is 0 Å². The lowest BCUT2D eigenvalue weighted by molar-refractivity contribution is -0.274. The average Bonchev–Trinajstić information content (AvgIpc) is 1.80. The van der Waals surface area contributed by atoms with Crippen LogP contribution in [0.25, 0.3) is 0 Å². The Balaban J connectivity index is 3.93. The van der Waals surface area contributed by atoms with Gasteiger partial charge in [-0.05, 0) is 29.0 Å². The van der Waals surface area contributed by atoms with Crippen molar-refractivity contribution in [2.24, 2.45) is 0 Å². The summed E-state index contributed by atoms with van der Waals surface area (Å²) in [6.45, 7) is 1.97. The Kier molecular flexibility index (Phi) is 4.42. The van der Waals surface area contributed by atoms with E-state index < -0.39 is 5.97 Å². The van der Waals surface area contributed by atoms with Crippen LogP contribution in [0.3, 0.4) is 0 Å². The lowest BCUT2D eigenvalue weighted by Crippen LogP contribution is -2.26. The van der Waals surface area contributed by atoms with E-state index in [4.69, 9.17) is 15.3 Å². The van der Waals surface area contributed by atoms with E-state index in [0.717, 1.165) is 12.8 Å². The van der Waals surface area contributed by atoms with Crippen LogP contribution in [0, 0.1) is 0 Å². The Hall–Kier alpha value is 0.350. The van der Waals surface area contributed by atoms with Crippen molar-refractivity contribution < 1.29 is 15.3 Å². The highest BCUT2D eigenvalue weighted by Gasteiger charge is 2.21. The van der Waals surface area contributed by atoms with E-state index in [2.05, 4.69) is 0 Å². The van der Waals surface area contributed by atoms with Crippen LogP contribution in [0.1, 0.15) is 19.8 Å². The lowest BCUT2D eigenvalue weighted by atomic mass is 10.3. The molecule has 10 heavy (non-hydrogen) atoms. The molecule has 0 aromatic heterocycles. The molecule has 0 saturated heterocycles. The maximum atomic E-state index is 8.55. The number of unbranched alkanes of at least 4 members (excludes halogenated alkanes) is 1. The van der Waals surface area contributed by atoms with Gasteiger partial charge >= 0.3 is 5.97 Å². The molecular formula is C6H11IO3. The minimum absolute atomic E-state index is 0.145. The summed E-state index contributed by atoms with van der Waals surface area (Å²) in [6.07, 6.45) is 3.24. The third-order valence-corrected chi connectivity index (χ3v) is 2.10. The molecule has 0 amide bonds. The van der Waals surface area contributed by atoms with E-state index in [1.54, 1.807) is 28.7 Å². The van der Waals surface area contributed by atoms with E-state index >= 15 is 0 Å². The normalized spacial score (nSPS) is 13.9. The van der Waals surface area contributed by atoms with Crippen LogP contribution < -0.4 is 0 Å². The van der Waals surface area contributed by atoms with E-state index in [-0.39, 0.29) is 3.58 Å². The minimum Gasteiger partial charge on any atom is -0.339 e. The van der Waals surface area contributed by atoms with Gasteiger partial charge in [-0.2, -0.15) is 0 Å². The molecule has 0 aliphatic heterocycles. The zero-order chi connectivity index (χ0) is 8.20. The van der Waals surface area contributed by atoms with Crippen molar-refractivity contribution in [3.63, 3.8) is 0 Å². The summed E-state index contributed by atoms with van der Waals surface area (Å²) in [5.41, 5.74) is 0. The molecule has 0 aliphatic rings. The van der Waals surface area contributed by atoms with Crippen molar-refractivity contribution in [1.82, 2.24) is 0 Å². The molecule has 0 unspecified atom stereocenters. The summed E-state index contributed by atoms with van der Waals surface area (Å²) < 4.78 is 0.145. The van der Waals surface area contributed by atoms with Crippen molar-refractivity contribution >= 4 is 22.6 Å². The highest BCUT2D eigenvalue weighted by Crippen LogP contribution is 2.18. The number of aliphatic hydroxyl groups is 3. The smallest absolute Gasteiger partial charge is 0.310 e. The molecule has 0 saturated carbocycles. The number of allylic oxidation sites excluding steroid dienone is 1. The topological polar surface area (TPSA) is 60.7 Å². The third kappa shape index (κ3) is 4.21. The Morgan fingerprint density at radius 3 is 2.30 bits per heavy atom. The Morgan fingerprint density at radius 2 is 2.00 bits per heavy atom. The molecule has 0 aromatic carbocycles. The van der Waals surface area contributed by atoms with Crippen molar-refractivity contribution in [3.8, 4) is 0 Å². The summed E-state index contributed by atoms with van der Waals surface area (Å²) in [5, 5.41) is 25.6. The highest BCUT2D eigenvalue weighted by atomic mass is 127. The molecular weight excluding hydrogens is 247 g/mol. The van der Waals surface area contributed by atoms with Crippen LogP contribution in [0.4, 0.5) is 0 Å². The first-order valence-corrected chi connectivity index (χ1v) is 4.09. The van der Waals surface area contributed by atoms with Crippen LogP contribution in [0.15, 0.2) is 9.66 Å². The largest absolute Gasteiger partial charge is 0.339 e. The molecule has 0 fully saturated rings. The zero-order valence-corrected chi connectivity index (χ0v) is 7.87. The molecule has 0 atom stereocenters. The van der Waals surface area contributed by atoms with Gasteiger partial charge in [0.1, 0.15) is 0 Å². The lowest BCUT2D eigenvalue weighted by Gasteiger charge is -2.12. The zero-order valence-electron chi connectivity index (χ0n) is 5.71. The number of halogens is 1. The predicted molar refractivity (Wildman–Crippen MR) is 46.4 cm³/mol. The van der Waals surface area contributed by atoms with Gasteiger partial charge < -0.3 is 15.3 Å². The molecule has 60 valence electrons. The first-order chi connectivity index (χ1) is 4.48. The van der Waals surface area contributed by atoms with Crippen LogP contribution in [0.5, 0.6) is 0 Å². The molecule has 3 N–H and O–H groups in total. The third-order valence-electron chi connectivity index (χ3n) is 0.933. The van der Waals surface area contributed by atoms with Gasteiger partial charge in [-0.15, -0.1) is 0 Å². The van der Waals surface area contributed by atoms with Gasteiger partial charge in [-0.3, -0.25) is 0 Å². The first-order valence-electron chi connectivity index (χ1n) is 3.01. The average molecular weight is 258 g/mol. The molecule has 0 spiro atoms. The minimum atomic E-state index is -2.64. The predicted octanol–water partition coefficient (Wildman–Crippen LogP) is 0.736. The quantitative estimate of drug-likeness (QED) is 0.516. The van der Waals surface area contributed by atoms with Crippen molar-refractivity contribution in [2.75, 3.05) is 0 Å². The van der Waals surface area contributed by atoms with Crippen molar-refractivity contribution in [2.45, 2.75) is 25.7 Å². The van der Waals surface area contributed by atoms with E-state index in [9.17, 15) is 0 Å². The van der Waals surface area contributed by atoms with Crippen LogP contribution in [-0.2, 0) is 0 Å². The molecule has 4 heteroatoms. The SMILES string of the molecule is CCC/C=C(\I)C(O)(O)O. The van der Waals surface area contributed by atoms with E-state index in [1.165, 1.54) is 0 Å². The fourth-order valence-corrected chi connectivity index (χ4v) is 0.719. The second kappa shape index (κ2) is 4.27. The first kappa shape index (κ1) is 10.3. The van der Waals surface area contributed by atoms with Crippen LogP contribution >= 0.6 is 22.6 Å². The van der Waals surface area contributed by atoms with E-state index in [1.807, 2.05) is 6.92 Å². The second-order valence-corrected chi connectivity index (χ2v) is 3.14. The molecule has 0 bridgehead atoms. The molecule has 0 aliphatic carbocycles. The summed E-state index contributed by atoms with van der Waals surface area (Å²) in [5.74, 6) is -2.64. The van der Waals surface area contributed by atoms with Crippen LogP contribution in [-0.4, -0.2) is 21.3 Å². The summed E-state index contributed by atoms with van der Waals surface area (Å²) in [7, 11) is 0. The maximum absolute atomic E-state index is 8.55. The van der Waals surface area contributed by atoms with Crippen molar-refractivity contribution in [1.29, 1.82) is 0 Å². The van der Waals surface area contributed by atoms with E-state index in [0.29, 0.717) is 0 Å². The Bertz CT molecular complexity index is 125. The maximum Gasteiger partial charge on any atom is 0.310 e.